The Bertz CT molecular complexity index is 305. The fourth-order valence-corrected chi connectivity index (χ4v) is 2.47. The molecule has 116 valence electrons. The van der Waals surface area contributed by atoms with Crippen LogP contribution in [0.3, 0.4) is 0 Å². The third-order valence-electron chi connectivity index (χ3n) is 3.66. The van der Waals surface area contributed by atoms with Gasteiger partial charge in [0.05, 0.1) is 12.5 Å². The van der Waals surface area contributed by atoms with E-state index in [9.17, 15) is 4.79 Å². The van der Waals surface area contributed by atoms with E-state index in [1.54, 1.807) is 11.9 Å². The van der Waals surface area contributed by atoms with E-state index in [-0.39, 0.29) is 5.91 Å². The van der Waals surface area contributed by atoms with Gasteiger partial charge in [0.25, 0.3) is 0 Å². The molecule has 0 radical (unpaired) electrons. The fourth-order valence-electron chi connectivity index (χ4n) is 2.47. The van der Waals surface area contributed by atoms with Crippen LogP contribution in [0.2, 0.25) is 0 Å². The molecule has 0 unspecified atom stereocenters. The third kappa shape index (κ3) is 7.49. The van der Waals surface area contributed by atoms with Gasteiger partial charge in [-0.3, -0.25) is 9.69 Å². The maximum absolute atomic E-state index is 12.0. The number of hydrogen-bond acceptors (Lipinski definition) is 3. The Morgan fingerprint density at radius 3 is 2.25 bits per heavy atom. The van der Waals surface area contributed by atoms with E-state index in [1.165, 1.54) is 0 Å². The molecule has 0 atom stereocenters. The largest absolute Gasteiger partial charge is 0.345 e. The molecular weight excluding hydrogens is 250 g/mol. The first kappa shape index (κ1) is 18.9. The average molecular weight is 281 g/mol. The van der Waals surface area contributed by atoms with Crippen LogP contribution in [0.25, 0.3) is 0 Å². The lowest BCUT2D eigenvalue weighted by atomic mass is 10.1. The SMILES string of the molecule is CCC(CC)N(CCC(=O)N(C)CCC#N)CC(C)C. The molecule has 0 fully saturated rings. The number of nitrogens with zero attached hydrogens (tertiary/aromatic N) is 3. The number of rotatable bonds is 10. The summed E-state index contributed by atoms with van der Waals surface area (Å²) in [5.74, 6) is 0.752. The summed E-state index contributed by atoms with van der Waals surface area (Å²) in [6, 6.07) is 2.64. The van der Waals surface area contributed by atoms with E-state index in [1.807, 2.05) is 0 Å². The van der Waals surface area contributed by atoms with Crippen LogP contribution in [0.4, 0.5) is 0 Å². The second-order valence-corrected chi connectivity index (χ2v) is 5.83. The first-order valence-electron chi connectivity index (χ1n) is 7.81. The van der Waals surface area contributed by atoms with Gasteiger partial charge >= 0.3 is 0 Å². The highest BCUT2D eigenvalue weighted by molar-refractivity contribution is 5.76. The predicted molar refractivity (Wildman–Crippen MR) is 83.3 cm³/mol. The van der Waals surface area contributed by atoms with Crippen molar-refractivity contribution in [3.05, 3.63) is 0 Å². The standard InChI is InChI=1S/C16H31N3O/c1-6-15(7-2)19(13-14(3)4)12-9-16(20)18(5)11-8-10-17/h14-15H,6-9,11-13H2,1-5H3. The molecule has 1 amide bonds. The van der Waals surface area contributed by atoms with Crippen LogP contribution in [0.15, 0.2) is 0 Å². The lowest BCUT2D eigenvalue weighted by molar-refractivity contribution is -0.130. The third-order valence-corrected chi connectivity index (χ3v) is 3.66. The minimum Gasteiger partial charge on any atom is -0.345 e. The molecule has 0 aromatic carbocycles. The zero-order valence-corrected chi connectivity index (χ0v) is 13.9. The highest BCUT2D eigenvalue weighted by Gasteiger charge is 2.18. The molecular formula is C16H31N3O. The molecule has 0 aromatic rings. The number of amides is 1. The average Bonchev–Trinajstić information content (AvgIpc) is 2.42. The van der Waals surface area contributed by atoms with Gasteiger partial charge in [0.2, 0.25) is 5.91 Å². The number of hydrogen-bond donors (Lipinski definition) is 0. The minimum atomic E-state index is 0.139. The van der Waals surface area contributed by atoms with Crippen molar-refractivity contribution in [2.45, 2.75) is 59.4 Å². The van der Waals surface area contributed by atoms with Gasteiger partial charge in [-0.05, 0) is 18.8 Å². The lowest BCUT2D eigenvalue weighted by Crippen LogP contribution is -2.40. The van der Waals surface area contributed by atoms with Gasteiger partial charge in [-0.2, -0.15) is 5.26 Å². The van der Waals surface area contributed by atoms with Gasteiger partial charge in [0, 0.05) is 39.1 Å². The van der Waals surface area contributed by atoms with Crippen LogP contribution < -0.4 is 0 Å². The Kier molecular flexibility index (Phi) is 10.1. The number of carbonyl (C=O) groups is 1. The first-order valence-corrected chi connectivity index (χ1v) is 7.81. The van der Waals surface area contributed by atoms with Crippen molar-refractivity contribution in [2.24, 2.45) is 5.92 Å². The van der Waals surface area contributed by atoms with E-state index in [4.69, 9.17) is 5.26 Å². The summed E-state index contributed by atoms with van der Waals surface area (Å²) in [5, 5.41) is 8.55. The van der Waals surface area contributed by atoms with Crippen molar-refractivity contribution >= 4 is 5.91 Å². The lowest BCUT2D eigenvalue weighted by Gasteiger charge is -2.32. The highest BCUT2D eigenvalue weighted by atomic mass is 16.2. The molecule has 0 bridgehead atoms. The Labute approximate surface area is 124 Å². The van der Waals surface area contributed by atoms with Crippen molar-refractivity contribution in [3.8, 4) is 6.07 Å². The quantitative estimate of drug-likeness (QED) is 0.618. The van der Waals surface area contributed by atoms with Crippen LogP contribution in [-0.4, -0.2) is 48.4 Å². The van der Waals surface area contributed by atoms with E-state index >= 15 is 0 Å². The smallest absolute Gasteiger partial charge is 0.223 e. The molecule has 0 saturated carbocycles. The van der Waals surface area contributed by atoms with Crippen LogP contribution in [0.1, 0.15) is 53.4 Å². The Hall–Kier alpha value is -1.08. The van der Waals surface area contributed by atoms with Gasteiger partial charge in [-0.15, -0.1) is 0 Å². The van der Waals surface area contributed by atoms with Crippen molar-refractivity contribution in [1.29, 1.82) is 5.26 Å². The molecule has 20 heavy (non-hydrogen) atoms. The molecule has 0 spiro atoms. The van der Waals surface area contributed by atoms with E-state index in [0.717, 1.165) is 25.9 Å². The summed E-state index contributed by atoms with van der Waals surface area (Å²) in [5.41, 5.74) is 0. The molecule has 4 nitrogen and oxygen atoms in total. The Morgan fingerprint density at radius 2 is 1.80 bits per heavy atom. The first-order chi connectivity index (χ1) is 9.46. The van der Waals surface area contributed by atoms with Crippen LogP contribution in [0, 0.1) is 17.2 Å². The van der Waals surface area contributed by atoms with Gasteiger partial charge in [0.15, 0.2) is 0 Å². The molecule has 0 aliphatic rings. The van der Waals surface area contributed by atoms with Gasteiger partial charge < -0.3 is 4.90 Å². The minimum absolute atomic E-state index is 0.139. The summed E-state index contributed by atoms with van der Waals surface area (Å²) >= 11 is 0. The van der Waals surface area contributed by atoms with E-state index < -0.39 is 0 Å². The summed E-state index contributed by atoms with van der Waals surface area (Å²) in [6.07, 6.45) is 3.21. The van der Waals surface area contributed by atoms with Gasteiger partial charge in [-0.1, -0.05) is 27.7 Å². The monoisotopic (exact) mass is 281 g/mol. The number of carbonyl (C=O) groups excluding carboxylic acids is 1. The summed E-state index contributed by atoms with van der Waals surface area (Å²) in [4.78, 5) is 16.1. The van der Waals surface area contributed by atoms with Crippen LogP contribution >= 0.6 is 0 Å². The maximum atomic E-state index is 12.0. The fraction of sp³-hybridized carbons (Fsp3) is 0.875. The van der Waals surface area contributed by atoms with Gasteiger partial charge in [0.1, 0.15) is 0 Å². The molecule has 0 aliphatic heterocycles. The topological polar surface area (TPSA) is 47.3 Å². The summed E-state index contributed by atoms with van der Waals surface area (Å²) < 4.78 is 0. The Morgan fingerprint density at radius 1 is 1.20 bits per heavy atom. The Balaban J connectivity index is 4.37. The number of nitriles is 1. The van der Waals surface area contributed by atoms with Crippen LogP contribution in [0.5, 0.6) is 0 Å². The van der Waals surface area contributed by atoms with Crippen LogP contribution in [-0.2, 0) is 4.79 Å². The zero-order valence-electron chi connectivity index (χ0n) is 13.9. The second-order valence-electron chi connectivity index (χ2n) is 5.83. The van der Waals surface area contributed by atoms with E-state index in [0.29, 0.717) is 31.3 Å². The maximum Gasteiger partial charge on any atom is 0.223 e. The normalized spacial score (nSPS) is 11.2. The molecule has 4 heteroatoms. The predicted octanol–water partition coefficient (Wildman–Crippen LogP) is 2.90. The molecule has 0 saturated heterocycles. The van der Waals surface area contributed by atoms with Crippen molar-refractivity contribution in [1.82, 2.24) is 9.80 Å². The highest BCUT2D eigenvalue weighted by Crippen LogP contribution is 2.12. The molecule has 0 rings (SSSR count). The van der Waals surface area contributed by atoms with E-state index in [2.05, 4.69) is 38.7 Å². The summed E-state index contributed by atoms with van der Waals surface area (Å²) in [6.45, 7) is 11.3. The molecule has 0 aromatic heterocycles. The summed E-state index contributed by atoms with van der Waals surface area (Å²) in [7, 11) is 1.78. The molecule has 0 aliphatic carbocycles. The van der Waals surface area contributed by atoms with Crippen molar-refractivity contribution in [2.75, 3.05) is 26.7 Å². The van der Waals surface area contributed by atoms with Gasteiger partial charge in [-0.25, -0.2) is 0 Å². The molecule has 0 N–H and O–H groups in total. The van der Waals surface area contributed by atoms with Crippen molar-refractivity contribution < 1.29 is 4.79 Å². The van der Waals surface area contributed by atoms with Crippen molar-refractivity contribution in [3.63, 3.8) is 0 Å². The zero-order chi connectivity index (χ0) is 15.5. The molecule has 0 heterocycles. The second kappa shape index (κ2) is 10.7.